The Bertz CT molecular complexity index is 1770. The normalized spacial score (nSPS) is 13.0. The molecule has 0 saturated heterocycles. The molecular weight excluding hydrogens is 614 g/mol. The van der Waals surface area contributed by atoms with E-state index < -0.39 is 28.5 Å². The highest BCUT2D eigenvalue weighted by Gasteiger charge is 2.35. The Morgan fingerprint density at radius 3 is 2.21 bits per heavy atom. The number of amides is 2. The number of unbranched alkanes of at least 4 members (excludes halogenated alkanes) is 1. The zero-order valence-electron chi connectivity index (χ0n) is 26.8. The Hall–Kier alpha value is -4.83. The van der Waals surface area contributed by atoms with E-state index in [1.54, 1.807) is 36.4 Å². The molecule has 47 heavy (non-hydrogen) atoms. The molecule has 1 aliphatic rings. The van der Waals surface area contributed by atoms with Gasteiger partial charge in [0.25, 0.3) is 10.0 Å². The molecule has 0 aliphatic carbocycles. The van der Waals surface area contributed by atoms with E-state index in [9.17, 15) is 18.0 Å². The molecular formula is C37H41N3O6S. The van der Waals surface area contributed by atoms with Gasteiger partial charge in [0.1, 0.15) is 25.8 Å². The summed E-state index contributed by atoms with van der Waals surface area (Å²) < 4.78 is 41.0. The predicted octanol–water partition coefficient (Wildman–Crippen LogP) is 5.52. The van der Waals surface area contributed by atoms with E-state index in [1.165, 1.54) is 17.0 Å². The molecule has 4 aromatic rings. The number of carbonyl (C=O) groups is 2. The van der Waals surface area contributed by atoms with Crippen molar-refractivity contribution in [1.82, 2.24) is 10.2 Å². The lowest BCUT2D eigenvalue weighted by Crippen LogP contribution is -2.53. The van der Waals surface area contributed by atoms with Gasteiger partial charge in [-0.3, -0.25) is 13.9 Å². The number of hydrogen-bond acceptors (Lipinski definition) is 6. The van der Waals surface area contributed by atoms with Crippen LogP contribution in [0.3, 0.4) is 0 Å². The van der Waals surface area contributed by atoms with Gasteiger partial charge in [0, 0.05) is 25.6 Å². The van der Waals surface area contributed by atoms with E-state index in [0.717, 1.165) is 33.8 Å². The van der Waals surface area contributed by atoms with Crippen LogP contribution in [-0.2, 0) is 32.6 Å². The van der Waals surface area contributed by atoms with Crippen LogP contribution in [0.4, 0.5) is 5.69 Å². The lowest BCUT2D eigenvalue weighted by atomic mass is 10.0. The molecule has 1 atom stereocenters. The van der Waals surface area contributed by atoms with Gasteiger partial charge in [-0.1, -0.05) is 91.7 Å². The van der Waals surface area contributed by atoms with Gasteiger partial charge in [-0.25, -0.2) is 8.42 Å². The number of fused-ring (bicyclic) bond motifs is 1. The number of anilines is 1. The minimum atomic E-state index is -4.22. The van der Waals surface area contributed by atoms with Crippen LogP contribution in [-0.4, -0.2) is 57.5 Å². The summed E-state index contributed by atoms with van der Waals surface area (Å²) in [6.45, 7) is 4.74. The third-order valence-electron chi connectivity index (χ3n) is 7.96. The predicted molar refractivity (Wildman–Crippen MR) is 182 cm³/mol. The van der Waals surface area contributed by atoms with Gasteiger partial charge in [0.15, 0.2) is 11.5 Å². The monoisotopic (exact) mass is 655 g/mol. The Kier molecular flexibility index (Phi) is 11.2. The fourth-order valence-electron chi connectivity index (χ4n) is 5.50. The molecule has 1 heterocycles. The molecule has 10 heteroatoms. The second kappa shape index (κ2) is 15.6. The van der Waals surface area contributed by atoms with Gasteiger partial charge in [-0.2, -0.15) is 0 Å². The first-order chi connectivity index (χ1) is 22.8. The number of nitrogens with zero attached hydrogens (tertiary/aromatic N) is 2. The van der Waals surface area contributed by atoms with Crippen molar-refractivity contribution in [1.29, 1.82) is 0 Å². The fraction of sp³-hybridized carbons (Fsp3) is 0.297. The van der Waals surface area contributed by atoms with Crippen LogP contribution in [0.2, 0.25) is 0 Å². The van der Waals surface area contributed by atoms with Crippen molar-refractivity contribution < 1.29 is 27.5 Å². The van der Waals surface area contributed by atoms with Gasteiger partial charge in [-0.05, 0) is 48.7 Å². The average molecular weight is 656 g/mol. The number of rotatable bonds is 14. The van der Waals surface area contributed by atoms with E-state index in [1.807, 2.05) is 68.4 Å². The molecule has 246 valence electrons. The minimum Gasteiger partial charge on any atom is -0.486 e. The highest BCUT2D eigenvalue weighted by atomic mass is 32.2. The maximum Gasteiger partial charge on any atom is 0.264 e. The molecule has 1 aliphatic heterocycles. The van der Waals surface area contributed by atoms with E-state index >= 15 is 0 Å². The number of ether oxygens (including phenoxy) is 2. The highest BCUT2D eigenvalue weighted by Crippen LogP contribution is 2.36. The maximum atomic E-state index is 14.6. The highest BCUT2D eigenvalue weighted by molar-refractivity contribution is 7.92. The molecule has 1 N–H and O–H groups in total. The molecule has 0 aromatic heterocycles. The third-order valence-corrected chi connectivity index (χ3v) is 9.75. The summed E-state index contributed by atoms with van der Waals surface area (Å²) in [5, 5.41) is 3.02. The molecule has 0 radical (unpaired) electrons. The SMILES string of the molecule is CCCCNC(=O)[C@H](Cc1ccccc1)N(Cc1cccc(C)c1)C(=O)CN(c1ccc2c(c1)OCCO2)S(=O)(=O)c1ccccc1. The van der Waals surface area contributed by atoms with Crippen LogP contribution in [0, 0.1) is 6.92 Å². The first-order valence-electron chi connectivity index (χ1n) is 15.9. The fourth-order valence-corrected chi connectivity index (χ4v) is 6.93. The second-order valence-corrected chi connectivity index (χ2v) is 13.4. The zero-order chi connectivity index (χ0) is 33.2. The van der Waals surface area contributed by atoms with Crippen molar-refractivity contribution in [3.8, 4) is 11.5 Å². The van der Waals surface area contributed by atoms with Crippen molar-refractivity contribution in [2.24, 2.45) is 0 Å². The maximum absolute atomic E-state index is 14.6. The molecule has 0 saturated carbocycles. The molecule has 5 rings (SSSR count). The summed E-state index contributed by atoms with van der Waals surface area (Å²) >= 11 is 0. The number of carbonyl (C=O) groups excluding carboxylic acids is 2. The number of benzene rings is 4. The van der Waals surface area contributed by atoms with E-state index in [-0.39, 0.29) is 29.5 Å². The van der Waals surface area contributed by atoms with Crippen LogP contribution >= 0.6 is 0 Å². The van der Waals surface area contributed by atoms with Crippen molar-refractivity contribution in [2.75, 3.05) is 30.6 Å². The van der Waals surface area contributed by atoms with Gasteiger partial charge >= 0.3 is 0 Å². The zero-order valence-corrected chi connectivity index (χ0v) is 27.6. The lowest BCUT2D eigenvalue weighted by Gasteiger charge is -2.34. The van der Waals surface area contributed by atoms with Crippen molar-refractivity contribution >= 4 is 27.5 Å². The van der Waals surface area contributed by atoms with Gasteiger partial charge < -0.3 is 19.7 Å². The largest absolute Gasteiger partial charge is 0.486 e. The smallest absolute Gasteiger partial charge is 0.264 e. The molecule has 2 amide bonds. The van der Waals surface area contributed by atoms with Crippen molar-refractivity contribution in [2.45, 2.75) is 50.6 Å². The number of nitrogens with one attached hydrogen (secondary N) is 1. The lowest BCUT2D eigenvalue weighted by molar-refractivity contribution is -0.140. The minimum absolute atomic E-state index is 0.0334. The van der Waals surface area contributed by atoms with E-state index in [4.69, 9.17) is 9.47 Å². The number of hydrogen-bond donors (Lipinski definition) is 1. The van der Waals surface area contributed by atoms with E-state index in [0.29, 0.717) is 31.3 Å². The summed E-state index contributed by atoms with van der Waals surface area (Å²) in [6, 6.07) is 29.2. The van der Waals surface area contributed by atoms with Gasteiger partial charge in [0.2, 0.25) is 11.8 Å². The second-order valence-electron chi connectivity index (χ2n) is 11.5. The summed E-state index contributed by atoms with van der Waals surface area (Å²) in [6.07, 6.45) is 1.95. The quantitative estimate of drug-likeness (QED) is 0.180. The first kappa shape index (κ1) is 33.5. The topological polar surface area (TPSA) is 105 Å². The Morgan fingerprint density at radius 2 is 1.51 bits per heavy atom. The van der Waals surface area contributed by atoms with Gasteiger partial charge in [-0.15, -0.1) is 0 Å². The summed E-state index contributed by atoms with van der Waals surface area (Å²) in [7, 11) is -4.22. The van der Waals surface area contributed by atoms with Crippen molar-refractivity contribution in [3.63, 3.8) is 0 Å². The van der Waals surface area contributed by atoms with Crippen LogP contribution in [0.1, 0.15) is 36.5 Å². The van der Waals surface area contributed by atoms with Crippen molar-refractivity contribution in [3.05, 3.63) is 120 Å². The van der Waals surface area contributed by atoms with Crippen LogP contribution < -0.4 is 19.1 Å². The molecule has 9 nitrogen and oxygen atoms in total. The number of sulfonamides is 1. The first-order valence-corrected chi connectivity index (χ1v) is 17.3. The Balaban J connectivity index is 1.57. The van der Waals surface area contributed by atoms with Crippen LogP contribution in [0.25, 0.3) is 0 Å². The molecule has 0 fully saturated rings. The number of aryl methyl sites for hydroxylation is 1. The summed E-state index contributed by atoms with van der Waals surface area (Å²) in [5.41, 5.74) is 2.96. The summed E-state index contributed by atoms with van der Waals surface area (Å²) in [5.74, 6) is 0.0760. The van der Waals surface area contributed by atoms with Crippen LogP contribution in [0.15, 0.2) is 108 Å². The molecule has 0 spiro atoms. The Morgan fingerprint density at radius 1 is 0.830 bits per heavy atom. The third kappa shape index (κ3) is 8.51. The molecule has 0 unspecified atom stereocenters. The Labute approximate surface area is 277 Å². The molecule has 0 bridgehead atoms. The molecule has 4 aromatic carbocycles. The van der Waals surface area contributed by atoms with Gasteiger partial charge in [0.05, 0.1) is 10.6 Å². The standard InChI is InChI=1S/C37H41N3O6S/c1-3-4-20-38-37(42)33(24-29-13-7-5-8-14-29)39(26-30-15-11-12-28(2)23-30)36(41)27-40(47(43,44)32-16-9-6-10-17-32)31-18-19-34-35(25-31)46-22-21-45-34/h5-19,23,25,33H,3-4,20-22,24,26-27H2,1-2H3,(H,38,42)/t33-/m0/s1. The van der Waals surface area contributed by atoms with Crippen LogP contribution in [0.5, 0.6) is 11.5 Å². The average Bonchev–Trinajstić information content (AvgIpc) is 3.09. The van der Waals surface area contributed by atoms with E-state index in [2.05, 4.69) is 5.32 Å². The summed E-state index contributed by atoms with van der Waals surface area (Å²) in [4.78, 5) is 30.1.